The molecule has 0 atom stereocenters. The summed E-state index contributed by atoms with van der Waals surface area (Å²) in [6, 6.07) is 10.0. The van der Waals surface area contributed by atoms with E-state index in [0.717, 1.165) is 41.6 Å². The Labute approximate surface area is 221 Å². The molecule has 0 amide bonds. The van der Waals surface area contributed by atoms with Crippen LogP contribution in [0.2, 0.25) is 0 Å². The number of rotatable bonds is 10. The zero-order valence-electron chi connectivity index (χ0n) is 22.0. The molecule has 4 aromatic rings. The van der Waals surface area contributed by atoms with E-state index in [-0.39, 0.29) is 18.3 Å². The first kappa shape index (κ1) is 25.5. The van der Waals surface area contributed by atoms with Gasteiger partial charge in [0.15, 0.2) is 0 Å². The molecule has 0 aliphatic carbocycles. The van der Waals surface area contributed by atoms with Crippen molar-refractivity contribution in [3.05, 3.63) is 94.6 Å². The lowest BCUT2D eigenvalue weighted by atomic mass is 9.78. The maximum Gasteiger partial charge on any atom is 0.334 e. The third-order valence-corrected chi connectivity index (χ3v) is 7.15. The second kappa shape index (κ2) is 10.7. The number of aromatic amines is 1. The fourth-order valence-corrected chi connectivity index (χ4v) is 5.09. The molecule has 0 spiro atoms. The largest absolute Gasteiger partial charge is 0.392 e. The van der Waals surface area contributed by atoms with Crippen molar-refractivity contribution >= 4 is 0 Å². The Morgan fingerprint density at radius 2 is 1.97 bits per heavy atom. The SMILES string of the molecule is CCCCc1cn(-c2c(CO)ccn2C(C)C)c(=O)n1CC1(c2cccc(-c3nn[nH]n3)c2)C=CNC=C1. The quantitative estimate of drug-likeness (QED) is 0.298. The lowest BCUT2D eigenvalue weighted by Gasteiger charge is -2.31. The highest BCUT2D eigenvalue weighted by Gasteiger charge is 2.32. The molecule has 10 heteroatoms. The fraction of sp³-hybridized carbons (Fsp3) is 0.357. The summed E-state index contributed by atoms with van der Waals surface area (Å²) in [7, 11) is 0. The number of imidazole rings is 1. The van der Waals surface area contributed by atoms with Gasteiger partial charge in [0.05, 0.1) is 12.0 Å². The minimum Gasteiger partial charge on any atom is -0.392 e. The zero-order chi connectivity index (χ0) is 26.7. The number of hydrogen-bond donors (Lipinski definition) is 3. The van der Waals surface area contributed by atoms with Gasteiger partial charge in [-0.25, -0.2) is 4.79 Å². The van der Waals surface area contributed by atoms with E-state index in [9.17, 15) is 9.90 Å². The van der Waals surface area contributed by atoms with Crippen LogP contribution in [0, 0.1) is 0 Å². The van der Waals surface area contributed by atoms with E-state index in [2.05, 4.69) is 64.9 Å². The molecule has 0 fully saturated rings. The summed E-state index contributed by atoms with van der Waals surface area (Å²) in [5, 5.41) is 27.7. The first-order valence-electron chi connectivity index (χ1n) is 13.0. The van der Waals surface area contributed by atoms with Crippen LogP contribution in [0.15, 0.2) is 72.1 Å². The van der Waals surface area contributed by atoms with Crippen molar-refractivity contribution in [2.75, 3.05) is 0 Å². The summed E-state index contributed by atoms with van der Waals surface area (Å²) < 4.78 is 5.62. The summed E-state index contributed by atoms with van der Waals surface area (Å²) in [5.41, 5.74) is 2.84. The van der Waals surface area contributed by atoms with E-state index in [1.165, 1.54) is 0 Å². The molecule has 5 rings (SSSR count). The monoisotopic (exact) mass is 514 g/mol. The van der Waals surface area contributed by atoms with Crippen molar-refractivity contribution in [3.63, 3.8) is 0 Å². The van der Waals surface area contributed by atoms with Crippen molar-refractivity contribution < 1.29 is 5.11 Å². The minimum absolute atomic E-state index is 0.125. The second-order valence-electron chi connectivity index (χ2n) is 9.98. The fourth-order valence-electron chi connectivity index (χ4n) is 5.09. The molecule has 0 radical (unpaired) electrons. The van der Waals surface area contributed by atoms with Gasteiger partial charge in [-0.2, -0.15) is 5.21 Å². The molecule has 1 aliphatic heterocycles. The highest BCUT2D eigenvalue weighted by molar-refractivity contribution is 5.57. The molecular weight excluding hydrogens is 480 g/mol. The Morgan fingerprint density at radius 1 is 1.16 bits per heavy atom. The average Bonchev–Trinajstić information content (AvgIpc) is 3.68. The van der Waals surface area contributed by atoms with Crippen molar-refractivity contribution in [2.24, 2.45) is 0 Å². The molecule has 3 N–H and O–H groups in total. The Morgan fingerprint density at radius 3 is 2.66 bits per heavy atom. The van der Waals surface area contributed by atoms with E-state index in [1.807, 2.05) is 58.2 Å². The Bertz CT molecular complexity index is 1490. The lowest BCUT2D eigenvalue weighted by molar-refractivity contribution is 0.281. The molecular formula is C28H34N8O2. The minimum atomic E-state index is -0.582. The van der Waals surface area contributed by atoms with E-state index < -0.39 is 5.41 Å². The van der Waals surface area contributed by atoms with Crippen molar-refractivity contribution in [1.29, 1.82) is 0 Å². The number of dihydropyridines is 1. The number of allylic oxidation sites excluding steroid dienone is 2. The van der Waals surface area contributed by atoms with E-state index in [4.69, 9.17) is 0 Å². The van der Waals surface area contributed by atoms with Crippen LogP contribution < -0.4 is 11.0 Å². The van der Waals surface area contributed by atoms with Gasteiger partial charge >= 0.3 is 5.69 Å². The van der Waals surface area contributed by atoms with Crippen LogP contribution in [0.4, 0.5) is 0 Å². The smallest absolute Gasteiger partial charge is 0.334 e. The highest BCUT2D eigenvalue weighted by atomic mass is 16.3. The van der Waals surface area contributed by atoms with Crippen LogP contribution in [0.25, 0.3) is 17.2 Å². The summed E-state index contributed by atoms with van der Waals surface area (Å²) in [6.07, 6.45) is 14.6. The van der Waals surface area contributed by atoms with Crippen molar-refractivity contribution in [1.82, 2.24) is 39.6 Å². The van der Waals surface area contributed by atoms with Gasteiger partial charge in [0.25, 0.3) is 0 Å². The molecule has 0 saturated heterocycles. The number of nitrogens with zero attached hydrogens (tertiary/aromatic N) is 6. The summed E-state index contributed by atoms with van der Waals surface area (Å²) in [6.45, 7) is 6.57. The van der Waals surface area contributed by atoms with Gasteiger partial charge in [0.1, 0.15) is 5.82 Å². The number of hydrogen-bond acceptors (Lipinski definition) is 6. The summed E-state index contributed by atoms with van der Waals surface area (Å²) >= 11 is 0. The topological polar surface area (TPSA) is 119 Å². The number of aromatic nitrogens is 7. The van der Waals surface area contributed by atoms with Crippen LogP contribution in [0.3, 0.4) is 0 Å². The molecule has 3 aromatic heterocycles. The van der Waals surface area contributed by atoms with Gasteiger partial charge in [-0.3, -0.25) is 9.13 Å². The number of tetrazole rings is 1. The van der Waals surface area contributed by atoms with Crippen LogP contribution in [-0.2, 0) is 25.0 Å². The predicted molar refractivity (Wildman–Crippen MR) is 146 cm³/mol. The van der Waals surface area contributed by atoms with Gasteiger partial charge in [0.2, 0.25) is 5.82 Å². The molecule has 0 unspecified atom stereocenters. The molecule has 0 bridgehead atoms. The number of aliphatic hydroxyl groups excluding tert-OH is 1. The van der Waals surface area contributed by atoms with Crippen molar-refractivity contribution in [2.45, 2.75) is 64.6 Å². The van der Waals surface area contributed by atoms with Gasteiger partial charge in [-0.15, -0.1) is 10.2 Å². The lowest BCUT2D eigenvalue weighted by Crippen LogP contribution is -2.36. The number of nitrogens with one attached hydrogen (secondary N) is 2. The maximum absolute atomic E-state index is 14.1. The van der Waals surface area contributed by atoms with E-state index in [1.54, 1.807) is 4.57 Å². The second-order valence-corrected chi connectivity index (χ2v) is 9.98. The summed E-state index contributed by atoms with van der Waals surface area (Å²) in [4.78, 5) is 14.1. The van der Waals surface area contributed by atoms with Crippen LogP contribution in [-0.4, -0.2) is 39.4 Å². The first-order valence-corrected chi connectivity index (χ1v) is 13.0. The Hall–Kier alpha value is -4.18. The van der Waals surface area contributed by atoms with Crippen LogP contribution in [0.5, 0.6) is 0 Å². The number of benzene rings is 1. The molecule has 0 saturated carbocycles. The normalized spacial score (nSPS) is 14.3. The van der Waals surface area contributed by atoms with Gasteiger partial charge in [0, 0.05) is 41.8 Å². The standard InChI is InChI=1S/C28H34N8O2/c1-4-5-9-24-17-35(26-22(18-37)10-15-34(26)20(2)3)27(38)36(24)19-28(11-13-29-14-12-28)23-8-6-7-21(16-23)25-30-32-33-31-25/h6-8,10-17,20,29,37H,4-5,9,18-19H2,1-3H3,(H,30,31,32,33). The molecule has 38 heavy (non-hydrogen) atoms. The third kappa shape index (κ3) is 4.63. The Kier molecular flexibility index (Phi) is 7.15. The average molecular weight is 515 g/mol. The van der Waals surface area contributed by atoms with Crippen molar-refractivity contribution in [3.8, 4) is 17.2 Å². The van der Waals surface area contributed by atoms with E-state index >= 15 is 0 Å². The number of aryl methyl sites for hydroxylation is 1. The number of H-pyrrole nitrogens is 1. The number of aliphatic hydroxyl groups is 1. The molecule has 1 aromatic carbocycles. The Balaban J connectivity index is 1.65. The zero-order valence-corrected chi connectivity index (χ0v) is 22.0. The molecule has 1 aliphatic rings. The first-order chi connectivity index (χ1) is 18.5. The molecule has 4 heterocycles. The van der Waals surface area contributed by atoms with Gasteiger partial charge < -0.3 is 15.0 Å². The highest BCUT2D eigenvalue weighted by Crippen LogP contribution is 2.34. The maximum atomic E-state index is 14.1. The molecule has 198 valence electrons. The van der Waals surface area contributed by atoms with E-state index in [0.29, 0.717) is 18.2 Å². The van der Waals surface area contributed by atoms with Crippen LogP contribution >= 0.6 is 0 Å². The van der Waals surface area contributed by atoms with Gasteiger partial charge in [-0.05, 0) is 62.0 Å². The third-order valence-electron chi connectivity index (χ3n) is 7.15. The summed E-state index contributed by atoms with van der Waals surface area (Å²) in [5.74, 6) is 1.23. The van der Waals surface area contributed by atoms with Gasteiger partial charge in [-0.1, -0.05) is 43.7 Å². The van der Waals surface area contributed by atoms with Crippen LogP contribution in [0.1, 0.15) is 56.5 Å². The molecule has 10 nitrogen and oxygen atoms in total. The number of unbranched alkanes of at least 4 members (excludes halogenated alkanes) is 1. The predicted octanol–water partition coefficient (Wildman–Crippen LogP) is 3.61.